The maximum atomic E-state index is 13.2. The van der Waals surface area contributed by atoms with Gasteiger partial charge in [0.1, 0.15) is 0 Å². The van der Waals surface area contributed by atoms with Crippen molar-refractivity contribution in [2.24, 2.45) is 7.05 Å². The van der Waals surface area contributed by atoms with Gasteiger partial charge in [-0.15, -0.1) is 0 Å². The first-order valence-electron chi connectivity index (χ1n) is 10.2. The molecule has 0 bridgehead atoms. The average Bonchev–Trinajstić information content (AvgIpc) is 3.50. The van der Waals surface area contributed by atoms with Gasteiger partial charge in [0.2, 0.25) is 5.91 Å². The molecule has 0 N–H and O–H groups in total. The summed E-state index contributed by atoms with van der Waals surface area (Å²) in [7, 11) is 1.88. The first kappa shape index (κ1) is 20.9. The number of hydrogen-bond acceptors (Lipinski definition) is 3. The van der Waals surface area contributed by atoms with Gasteiger partial charge in [0.15, 0.2) is 5.82 Å². The Labute approximate surface area is 190 Å². The lowest BCUT2D eigenvalue weighted by Crippen LogP contribution is -2.35. The number of amides is 2. The van der Waals surface area contributed by atoms with E-state index in [2.05, 4.69) is 53.5 Å². The lowest BCUT2D eigenvalue weighted by atomic mass is 10.0. The van der Waals surface area contributed by atoms with E-state index >= 15 is 0 Å². The summed E-state index contributed by atoms with van der Waals surface area (Å²) in [5.41, 5.74) is 5.21. The summed E-state index contributed by atoms with van der Waals surface area (Å²) in [6.07, 6.45) is 2.95. The largest absolute Gasteiger partial charge is 0.337 e. The molecular weight excluding hydrogens is 491 g/mol. The normalized spacial score (nSPS) is 15.3. The minimum Gasteiger partial charge on any atom is -0.337 e. The standard InChI is InChI=1S/C23H25IN4O2/c1-5-6-22(30)28(20-11-14(2)19(24)12-18(20)16-7-8-16)23-17-9-10-27(15(3)29)13-21(17)26(4)25-23/h11-12,16H,7-10,13H2,1-4H3. The van der Waals surface area contributed by atoms with Gasteiger partial charge in [0.25, 0.3) is 0 Å². The number of carbonyl (C=O) groups is 2. The highest BCUT2D eigenvalue weighted by atomic mass is 127. The Bertz CT molecular complexity index is 1100. The van der Waals surface area contributed by atoms with E-state index < -0.39 is 0 Å². The zero-order valence-electron chi connectivity index (χ0n) is 17.8. The number of aromatic nitrogens is 2. The molecule has 1 aromatic heterocycles. The Kier molecular flexibility index (Phi) is 5.62. The lowest BCUT2D eigenvalue weighted by molar-refractivity contribution is -0.129. The fraction of sp³-hybridized carbons (Fsp3) is 0.435. The molecule has 2 heterocycles. The predicted octanol–water partition coefficient (Wildman–Crippen LogP) is 3.80. The van der Waals surface area contributed by atoms with Crippen LogP contribution in [0.2, 0.25) is 0 Å². The molecule has 30 heavy (non-hydrogen) atoms. The zero-order chi connectivity index (χ0) is 21.6. The Hall–Kier alpha value is -2.34. The summed E-state index contributed by atoms with van der Waals surface area (Å²) in [6, 6.07) is 4.30. The van der Waals surface area contributed by atoms with Gasteiger partial charge in [0, 0.05) is 29.6 Å². The van der Waals surface area contributed by atoms with E-state index in [9.17, 15) is 9.59 Å². The molecule has 1 aliphatic carbocycles. The summed E-state index contributed by atoms with van der Waals surface area (Å²) < 4.78 is 3.00. The van der Waals surface area contributed by atoms with E-state index in [1.165, 1.54) is 9.13 Å². The molecule has 1 aromatic carbocycles. The molecule has 1 fully saturated rings. The summed E-state index contributed by atoms with van der Waals surface area (Å²) in [5.74, 6) is 6.39. The maximum Gasteiger partial charge on any atom is 0.308 e. The number of carbonyl (C=O) groups excluding carboxylic acids is 2. The highest BCUT2D eigenvalue weighted by Crippen LogP contribution is 2.47. The summed E-state index contributed by atoms with van der Waals surface area (Å²) in [5, 5.41) is 4.75. The Morgan fingerprint density at radius 1 is 1.30 bits per heavy atom. The van der Waals surface area contributed by atoms with Gasteiger partial charge in [-0.1, -0.05) is 5.92 Å². The van der Waals surface area contributed by atoms with Crippen molar-refractivity contribution in [1.82, 2.24) is 14.7 Å². The van der Waals surface area contributed by atoms with Crippen molar-refractivity contribution in [3.63, 3.8) is 0 Å². The lowest BCUT2D eigenvalue weighted by Gasteiger charge is -2.28. The second-order valence-electron chi connectivity index (χ2n) is 8.01. The van der Waals surface area contributed by atoms with E-state index in [0.29, 0.717) is 31.2 Å². The molecule has 4 rings (SSSR count). The average molecular weight is 516 g/mol. The highest BCUT2D eigenvalue weighted by Gasteiger charge is 2.34. The van der Waals surface area contributed by atoms with Crippen LogP contribution in [0.3, 0.4) is 0 Å². The van der Waals surface area contributed by atoms with E-state index in [1.807, 2.05) is 11.9 Å². The second-order valence-corrected chi connectivity index (χ2v) is 9.18. The minimum absolute atomic E-state index is 0.0532. The van der Waals surface area contributed by atoms with Crippen LogP contribution in [0.4, 0.5) is 11.5 Å². The van der Waals surface area contributed by atoms with Crippen molar-refractivity contribution in [2.75, 3.05) is 11.4 Å². The molecule has 156 valence electrons. The third-order valence-electron chi connectivity index (χ3n) is 5.88. The number of nitrogens with zero attached hydrogens (tertiary/aromatic N) is 4. The minimum atomic E-state index is -0.269. The molecule has 0 saturated heterocycles. The number of hydrogen-bond donors (Lipinski definition) is 0. The van der Waals surface area contributed by atoms with Crippen LogP contribution in [0.5, 0.6) is 0 Å². The van der Waals surface area contributed by atoms with Crippen LogP contribution in [0.15, 0.2) is 12.1 Å². The SMILES string of the molecule is CC#CC(=O)N(c1cc(C)c(I)cc1C1CC1)c1nn(C)c2c1CCN(C(C)=O)C2. The predicted molar refractivity (Wildman–Crippen MR) is 124 cm³/mol. The van der Waals surface area contributed by atoms with Gasteiger partial charge in [0.05, 0.1) is 17.9 Å². The van der Waals surface area contributed by atoms with Crippen LogP contribution in [-0.4, -0.2) is 33.0 Å². The van der Waals surface area contributed by atoms with Crippen LogP contribution in [0.25, 0.3) is 0 Å². The molecule has 0 spiro atoms. The van der Waals surface area contributed by atoms with E-state index in [0.717, 1.165) is 35.3 Å². The Morgan fingerprint density at radius 2 is 2.03 bits per heavy atom. The summed E-state index contributed by atoms with van der Waals surface area (Å²) in [6.45, 7) is 6.47. The fourth-order valence-corrected chi connectivity index (χ4v) is 4.57. The van der Waals surface area contributed by atoms with Gasteiger partial charge in [-0.2, -0.15) is 5.10 Å². The van der Waals surface area contributed by atoms with Crippen molar-refractivity contribution in [2.45, 2.75) is 52.5 Å². The van der Waals surface area contributed by atoms with Crippen LogP contribution in [0, 0.1) is 22.3 Å². The molecule has 1 aliphatic heterocycles. The maximum absolute atomic E-state index is 13.2. The van der Waals surface area contributed by atoms with Gasteiger partial charge in [-0.3, -0.25) is 19.2 Å². The first-order chi connectivity index (χ1) is 14.3. The van der Waals surface area contributed by atoms with Crippen LogP contribution in [0.1, 0.15) is 55.0 Å². The Balaban J connectivity index is 1.88. The van der Waals surface area contributed by atoms with Gasteiger partial charge in [-0.05, 0) is 90.8 Å². The van der Waals surface area contributed by atoms with Crippen molar-refractivity contribution >= 4 is 45.9 Å². The number of benzene rings is 1. The molecule has 2 amide bonds. The molecule has 2 aliphatic rings. The zero-order valence-corrected chi connectivity index (χ0v) is 19.9. The monoisotopic (exact) mass is 516 g/mol. The molecule has 6 nitrogen and oxygen atoms in total. The van der Waals surface area contributed by atoms with Crippen LogP contribution < -0.4 is 4.90 Å². The molecule has 0 unspecified atom stereocenters. The third-order valence-corrected chi connectivity index (χ3v) is 7.05. The molecule has 0 atom stereocenters. The van der Waals surface area contributed by atoms with E-state index in [1.54, 1.807) is 23.4 Å². The third kappa shape index (κ3) is 3.73. The quantitative estimate of drug-likeness (QED) is 0.461. The summed E-state index contributed by atoms with van der Waals surface area (Å²) in [4.78, 5) is 28.6. The van der Waals surface area contributed by atoms with Gasteiger partial charge >= 0.3 is 5.91 Å². The van der Waals surface area contributed by atoms with Crippen molar-refractivity contribution in [3.8, 4) is 11.8 Å². The molecule has 2 aromatic rings. The topological polar surface area (TPSA) is 58.4 Å². The van der Waals surface area contributed by atoms with Crippen LogP contribution in [-0.2, 0) is 29.6 Å². The second kappa shape index (κ2) is 8.06. The highest BCUT2D eigenvalue weighted by molar-refractivity contribution is 14.1. The number of anilines is 2. The molecule has 1 saturated carbocycles. The van der Waals surface area contributed by atoms with E-state index in [4.69, 9.17) is 5.10 Å². The van der Waals surface area contributed by atoms with Crippen molar-refractivity contribution in [3.05, 3.63) is 38.1 Å². The number of halogens is 1. The first-order valence-corrected chi connectivity index (χ1v) is 11.3. The van der Waals surface area contributed by atoms with Crippen molar-refractivity contribution in [1.29, 1.82) is 0 Å². The number of aryl methyl sites for hydroxylation is 2. The smallest absolute Gasteiger partial charge is 0.308 e. The number of rotatable bonds is 3. The van der Waals surface area contributed by atoms with E-state index in [-0.39, 0.29) is 11.8 Å². The van der Waals surface area contributed by atoms with Crippen LogP contribution >= 0.6 is 22.6 Å². The molecular formula is C23H25IN4O2. The van der Waals surface area contributed by atoms with Gasteiger partial charge in [-0.25, -0.2) is 0 Å². The van der Waals surface area contributed by atoms with Gasteiger partial charge < -0.3 is 4.90 Å². The number of fused-ring (bicyclic) bond motifs is 1. The molecule has 0 radical (unpaired) electrons. The Morgan fingerprint density at radius 3 is 2.67 bits per heavy atom. The molecule has 7 heteroatoms. The fourth-order valence-electron chi connectivity index (χ4n) is 4.08. The summed E-state index contributed by atoms with van der Waals surface area (Å²) >= 11 is 2.36. The van der Waals surface area contributed by atoms with Crippen molar-refractivity contribution < 1.29 is 9.59 Å².